The predicted octanol–water partition coefficient (Wildman–Crippen LogP) is 4.10. The molecule has 1 fully saturated rings. The fraction of sp³-hybridized carbons (Fsp3) is 0.381. The number of halogens is 2. The zero-order valence-corrected chi connectivity index (χ0v) is 16.1. The van der Waals surface area contributed by atoms with Gasteiger partial charge in [-0.1, -0.05) is 29.8 Å². The van der Waals surface area contributed by atoms with Crippen molar-refractivity contribution in [2.24, 2.45) is 0 Å². The summed E-state index contributed by atoms with van der Waals surface area (Å²) in [5, 5.41) is 3.97. The van der Waals surface area contributed by atoms with Gasteiger partial charge in [-0.2, -0.15) is 0 Å². The highest BCUT2D eigenvalue weighted by molar-refractivity contribution is 6.31. The van der Waals surface area contributed by atoms with Crippen molar-refractivity contribution in [1.82, 2.24) is 10.2 Å². The number of likely N-dealkylation sites (tertiary alicyclic amines) is 1. The number of methoxy groups -OCH3 is 1. The van der Waals surface area contributed by atoms with Crippen molar-refractivity contribution in [3.8, 4) is 5.75 Å². The normalized spacial score (nSPS) is 15.7. The molecular weight excluding hydrogens is 367 g/mol. The lowest BCUT2D eigenvalue weighted by molar-refractivity contribution is 0.0987. The van der Waals surface area contributed by atoms with E-state index in [4.69, 9.17) is 16.3 Å². The van der Waals surface area contributed by atoms with Crippen LogP contribution in [0.1, 0.15) is 34.8 Å². The van der Waals surface area contributed by atoms with Gasteiger partial charge >= 0.3 is 0 Å². The molecular formula is C21H24ClFN2O2. The van der Waals surface area contributed by atoms with Crippen molar-refractivity contribution < 1.29 is 13.9 Å². The topological polar surface area (TPSA) is 41.6 Å². The molecule has 6 heteroatoms. The van der Waals surface area contributed by atoms with Crippen LogP contribution < -0.4 is 10.1 Å². The fourth-order valence-corrected chi connectivity index (χ4v) is 3.76. The number of carbonyl (C=O) groups excluding carboxylic acids is 1. The van der Waals surface area contributed by atoms with E-state index in [1.165, 1.54) is 32.1 Å². The van der Waals surface area contributed by atoms with Crippen molar-refractivity contribution in [1.29, 1.82) is 0 Å². The first kappa shape index (κ1) is 19.8. The predicted molar refractivity (Wildman–Crippen MR) is 105 cm³/mol. The molecule has 0 bridgehead atoms. The Morgan fingerprint density at radius 2 is 2.00 bits per heavy atom. The van der Waals surface area contributed by atoms with Gasteiger partial charge in [0.15, 0.2) is 17.3 Å². The Morgan fingerprint density at radius 3 is 2.67 bits per heavy atom. The third-order valence-corrected chi connectivity index (χ3v) is 5.29. The van der Waals surface area contributed by atoms with Crippen LogP contribution in [0.3, 0.4) is 0 Å². The van der Waals surface area contributed by atoms with Gasteiger partial charge in [0, 0.05) is 23.2 Å². The first-order valence-corrected chi connectivity index (χ1v) is 9.54. The van der Waals surface area contributed by atoms with Crippen molar-refractivity contribution in [2.75, 3.05) is 33.3 Å². The molecule has 0 radical (unpaired) electrons. The minimum atomic E-state index is -0.533. The van der Waals surface area contributed by atoms with Gasteiger partial charge in [0.1, 0.15) is 0 Å². The van der Waals surface area contributed by atoms with Gasteiger partial charge in [-0.05, 0) is 55.8 Å². The number of nitrogens with zero attached hydrogens (tertiary/aromatic N) is 1. The minimum Gasteiger partial charge on any atom is -0.494 e. The molecule has 0 amide bonds. The van der Waals surface area contributed by atoms with Crippen LogP contribution in [0, 0.1) is 5.82 Å². The number of ether oxygens (including phenoxy) is 1. The Bertz CT molecular complexity index is 794. The van der Waals surface area contributed by atoms with Crippen LogP contribution in [-0.4, -0.2) is 44.0 Å². The highest BCUT2D eigenvalue weighted by Crippen LogP contribution is 2.29. The average Bonchev–Trinajstić information content (AvgIpc) is 3.20. The van der Waals surface area contributed by atoms with E-state index in [0.29, 0.717) is 12.1 Å². The lowest BCUT2D eigenvalue weighted by Gasteiger charge is -2.29. The molecule has 1 N–H and O–H groups in total. The second-order valence-electron chi connectivity index (χ2n) is 6.68. The summed E-state index contributed by atoms with van der Waals surface area (Å²) in [6.45, 7) is 2.79. The van der Waals surface area contributed by atoms with Crippen molar-refractivity contribution >= 4 is 17.4 Å². The van der Waals surface area contributed by atoms with Gasteiger partial charge in [-0.25, -0.2) is 4.39 Å². The lowest BCUT2D eigenvalue weighted by Crippen LogP contribution is -2.36. The smallest absolute Gasteiger partial charge is 0.176 e. The molecule has 3 rings (SSSR count). The molecule has 1 saturated heterocycles. The van der Waals surface area contributed by atoms with Gasteiger partial charge < -0.3 is 10.1 Å². The number of carbonyl (C=O) groups is 1. The molecule has 1 unspecified atom stereocenters. The monoisotopic (exact) mass is 390 g/mol. The molecule has 0 aromatic heterocycles. The Labute approximate surface area is 164 Å². The second kappa shape index (κ2) is 9.31. The van der Waals surface area contributed by atoms with Gasteiger partial charge in [0.25, 0.3) is 0 Å². The molecule has 1 heterocycles. The molecule has 144 valence electrons. The molecule has 2 aromatic carbocycles. The Balaban J connectivity index is 1.64. The first-order chi connectivity index (χ1) is 13.1. The van der Waals surface area contributed by atoms with Gasteiger partial charge in [-0.3, -0.25) is 9.69 Å². The zero-order chi connectivity index (χ0) is 19.2. The van der Waals surface area contributed by atoms with Crippen molar-refractivity contribution in [2.45, 2.75) is 18.9 Å². The number of hydrogen-bond acceptors (Lipinski definition) is 4. The quantitative estimate of drug-likeness (QED) is 0.689. The largest absolute Gasteiger partial charge is 0.494 e. The number of nitrogens with one attached hydrogen (secondary N) is 1. The minimum absolute atomic E-state index is 0.113. The van der Waals surface area contributed by atoms with Crippen LogP contribution in [0.15, 0.2) is 42.5 Å². The molecule has 0 spiro atoms. The van der Waals surface area contributed by atoms with E-state index in [-0.39, 0.29) is 24.1 Å². The summed E-state index contributed by atoms with van der Waals surface area (Å²) in [7, 11) is 1.40. The van der Waals surface area contributed by atoms with E-state index < -0.39 is 5.82 Å². The Kier molecular flexibility index (Phi) is 6.83. The maximum atomic E-state index is 13.8. The van der Waals surface area contributed by atoms with Gasteiger partial charge in [0.2, 0.25) is 0 Å². The van der Waals surface area contributed by atoms with Crippen molar-refractivity contribution in [3.63, 3.8) is 0 Å². The fourth-order valence-electron chi connectivity index (χ4n) is 3.50. The molecule has 0 aliphatic carbocycles. The summed E-state index contributed by atoms with van der Waals surface area (Å²) in [6.07, 6.45) is 2.34. The van der Waals surface area contributed by atoms with Crippen LogP contribution in [0.4, 0.5) is 4.39 Å². The number of hydrogen-bond donors (Lipinski definition) is 1. The molecule has 1 aliphatic heterocycles. The van der Waals surface area contributed by atoms with E-state index in [1.807, 2.05) is 24.3 Å². The molecule has 27 heavy (non-hydrogen) atoms. The molecule has 4 nitrogen and oxygen atoms in total. The van der Waals surface area contributed by atoms with Crippen LogP contribution in [0.5, 0.6) is 5.75 Å². The van der Waals surface area contributed by atoms with E-state index in [0.717, 1.165) is 23.7 Å². The highest BCUT2D eigenvalue weighted by Gasteiger charge is 2.25. The van der Waals surface area contributed by atoms with Gasteiger partial charge in [0.05, 0.1) is 13.7 Å². The van der Waals surface area contributed by atoms with E-state index >= 15 is 0 Å². The molecule has 1 atom stereocenters. The summed E-state index contributed by atoms with van der Waals surface area (Å²) in [5.41, 5.74) is 1.40. The Hall–Kier alpha value is -1.95. The number of rotatable bonds is 8. The van der Waals surface area contributed by atoms with E-state index in [9.17, 15) is 9.18 Å². The summed E-state index contributed by atoms with van der Waals surface area (Å²) in [4.78, 5) is 14.8. The standard InChI is InChI=1S/C21H24ClFN2O2/c1-27-21-9-8-15(12-18(21)23)20(26)14-24-13-19(25-10-4-5-11-25)16-6-2-3-7-17(16)22/h2-3,6-9,12,19,24H,4-5,10-11,13-14H2,1H3. The third-order valence-electron chi connectivity index (χ3n) is 4.94. The Morgan fingerprint density at radius 1 is 1.26 bits per heavy atom. The summed E-state index contributed by atoms with van der Waals surface area (Å²) in [5.74, 6) is -0.558. The lowest BCUT2D eigenvalue weighted by atomic mass is 10.0. The van der Waals surface area contributed by atoms with Crippen molar-refractivity contribution in [3.05, 3.63) is 64.4 Å². The van der Waals surface area contributed by atoms with Gasteiger partial charge in [-0.15, -0.1) is 0 Å². The summed E-state index contributed by atoms with van der Waals surface area (Å²) in [6, 6.07) is 12.2. The first-order valence-electron chi connectivity index (χ1n) is 9.16. The van der Waals surface area contributed by atoms with Crippen LogP contribution in [-0.2, 0) is 0 Å². The van der Waals surface area contributed by atoms with E-state index in [1.54, 1.807) is 6.07 Å². The number of benzene rings is 2. The van der Waals surface area contributed by atoms with E-state index in [2.05, 4.69) is 10.2 Å². The van der Waals surface area contributed by atoms with Crippen LogP contribution in [0.25, 0.3) is 0 Å². The molecule has 2 aromatic rings. The number of Topliss-reactive ketones (excluding diaryl/α,β-unsaturated/α-hetero) is 1. The SMILES string of the molecule is COc1ccc(C(=O)CNCC(c2ccccc2Cl)N2CCCC2)cc1F. The maximum absolute atomic E-state index is 13.8. The second-order valence-corrected chi connectivity index (χ2v) is 7.09. The summed E-state index contributed by atoms with van der Waals surface area (Å²) < 4.78 is 18.7. The molecule has 0 saturated carbocycles. The van der Waals surface area contributed by atoms with Crippen LogP contribution >= 0.6 is 11.6 Å². The number of ketones is 1. The highest BCUT2D eigenvalue weighted by atomic mass is 35.5. The third kappa shape index (κ3) is 4.86. The zero-order valence-electron chi connectivity index (χ0n) is 15.4. The van der Waals surface area contributed by atoms with Crippen LogP contribution in [0.2, 0.25) is 5.02 Å². The maximum Gasteiger partial charge on any atom is 0.176 e. The average molecular weight is 391 g/mol. The summed E-state index contributed by atoms with van der Waals surface area (Å²) >= 11 is 6.41. The molecule has 1 aliphatic rings.